The van der Waals surface area contributed by atoms with Crippen LogP contribution < -0.4 is 4.74 Å². The molecule has 0 aliphatic carbocycles. The zero-order valence-electron chi connectivity index (χ0n) is 12.4. The van der Waals surface area contributed by atoms with Crippen LogP contribution in [0.3, 0.4) is 0 Å². The first kappa shape index (κ1) is 16.0. The second-order valence-corrected chi connectivity index (χ2v) is 4.74. The summed E-state index contributed by atoms with van der Waals surface area (Å²) in [5.41, 5.74) is 1.75. The predicted molar refractivity (Wildman–Crippen MR) is 81.8 cm³/mol. The van der Waals surface area contributed by atoms with E-state index in [1.807, 2.05) is 42.5 Å². The van der Waals surface area contributed by atoms with Gasteiger partial charge >= 0.3 is 5.97 Å². The summed E-state index contributed by atoms with van der Waals surface area (Å²) in [6.45, 7) is 2.56. The number of nitrogens with zero attached hydrogens (tertiary/aromatic N) is 1. The quantitative estimate of drug-likeness (QED) is 0.812. The highest BCUT2D eigenvalue weighted by atomic mass is 16.5. The molecule has 2 aromatic rings. The van der Waals surface area contributed by atoms with Crippen LogP contribution >= 0.6 is 0 Å². The summed E-state index contributed by atoms with van der Waals surface area (Å²) in [5.74, 6) is -0.227. The van der Waals surface area contributed by atoms with Gasteiger partial charge in [-0.3, -0.25) is 4.98 Å². The van der Waals surface area contributed by atoms with Crippen LogP contribution in [0.2, 0.25) is 0 Å². The van der Waals surface area contributed by atoms with Crippen molar-refractivity contribution in [2.45, 2.75) is 26.1 Å². The second kappa shape index (κ2) is 8.14. The van der Waals surface area contributed by atoms with Crippen LogP contribution in [0.4, 0.5) is 0 Å². The summed E-state index contributed by atoms with van der Waals surface area (Å²) >= 11 is 0. The van der Waals surface area contributed by atoms with E-state index in [0.29, 0.717) is 19.6 Å². The van der Waals surface area contributed by atoms with Crippen molar-refractivity contribution in [3.63, 3.8) is 0 Å². The molecular weight excluding hydrogens is 282 g/mol. The largest absolute Gasteiger partial charge is 0.487 e. The van der Waals surface area contributed by atoms with Gasteiger partial charge in [0.25, 0.3) is 0 Å². The zero-order chi connectivity index (χ0) is 15.8. The smallest absolute Gasteiger partial charge is 0.333 e. The summed E-state index contributed by atoms with van der Waals surface area (Å²) in [7, 11) is 0. The van der Waals surface area contributed by atoms with E-state index in [0.717, 1.165) is 17.0 Å². The maximum absolute atomic E-state index is 11.1. The molecule has 1 N–H and O–H groups in total. The Morgan fingerprint density at radius 1 is 1.23 bits per heavy atom. The number of carbonyl (C=O) groups is 1. The zero-order valence-corrected chi connectivity index (χ0v) is 12.4. The number of pyridine rings is 1. The molecule has 5 heteroatoms. The van der Waals surface area contributed by atoms with Crippen molar-refractivity contribution in [3.05, 3.63) is 59.9 Å². The van der Waals surface area contributed by atoms with Crippen molar-refractivity contribution in [3.8, 4) is 5.75 Å². The molecule has 0 spiro atoms. The number of ether oxygens (including phenoxy) is 2. The molecule has 22 heavy (non-hydrogen) atoms. The first-order valence-electron chi connectivity index (χ1n) is 7.15. The third-order valence-corrected chi connectivity index (χ3v) is 3.10. The Morgan fingerprint density at radius 2 is 2.00 bits per heavy atom. The van der Waals surface area contributed by atoms with E-state index in [-0.39, 0.29) is 0 Å². The monoisotopic (exact) mass is 301 g/mol. The molecule has 1 aromatic heterocycles. The van der Waals surface area contributed by atoms with Crippen LogP contribution in [0, 0.1) is 0 Å². The third kappa shape index (κ3) is 4.86. The van der Waals surface area contributed by atoms with E-state index in [1.54, 1.807) is 13.1 Å². The number of carboxylic acid groups (broad SMARTS) is 1. The fourth-order valence-electron chi connectivity index (χ4n) is 2.00. The standard InChI is InChI=1S/C17H19NO4/c1-2-21-16(17(19)20)11-13-6-8-15(9-7-13)22-12-14-5-3-4-10-18-14/h3-10,16H,2,11-12H2,1H3,(H,19,20)/t16-/m0/s1. The van der Waals surface area contributed by atoms with E-state index in [9.17, 15) is 4.79 Å². The number of rotatable bonds is 8. The average molecular weight is 301 g/mol. The number of aromatic nitrogens is 1. The first-order valence-corrected chi connectivity index (χ1v) is 7.15. The average Bonchev–Trinajstić information content (AvgIpc) is 2.54. The highest BCUT2D eigenvalue weighted by Gasteiger charge is 2.17. The lowest BCUT2D eigenvalue weighted by molar-refractivity contribution is -0.149. The van der Waals surface area contributed by atoms with Gasteiger partial charge in [0.1, 0.15) is 12.4 Å². The minimum atomic E-state index is -0.947. The molecule has 2 rings (SSSR count). The van der Waals surface area contributed by atoms with E-state index < -0.39 is 12.1 Å². The van der Waals surface area contributed by atoms with Gasteiger partial charge in [0.05, 0.1) is 5.69 Å². The lowest BCUT2D eigenvalue weighted by Gasteiger charge is -2.12. The Hall–Kier alpha value is -2.40. The van der Waals surface area contributed by atoms with Gasteiger partial charge in [0, 0.05) is 19.2 Å². The summed E-state index contributed by atoms with van der Waals surface area (Å²) in [4.78, 5) is 15.2. The molecule has 0 bridgehead atoms. The number of hydrogen-bond acceptors (Lipinski definition) is 4. The van der Waals surface area contributed by atoms with Gasteiger partial charge in [-0.15, -0.1) is 0 Å². The van der Waals surface area contributed by atoms with E-state index in [4.69, 9.17) is 14.6 Å². The summed E-state index contributed by atoms with van der Waals surface area (Å²) in [6.07, 6.45) is 1.25. The fraction of sp³-hybridized carbons (Fsp3) is 0.294. The topological polar surface area (TPSA) is 68.7 Å². The van der Waals surface area contributed by atoms with Gasteiger partial charge in [-0.1, -0.05) is 18.2 Å². The Kier molecular flexibility index (Phi) is 5.91. The molecule has 0 saturated heterocycles. The number of benzene rings is 1. The van der Waals surface area contributed by atoms with Gasteiger partial charge in [0.2, 0.25) is 0 Å². The molecule has 0 radical (unpaired) electrons. The molecule has 1 aromatic carbocycles. The number of carboxylic acids is 1. The lowest BCUT2D eigenvalue weighted by atomic mass is 10.1. The minimum Gasteiger partial charge on any atom is -0.487 e. The molecule has 0 aliphatic rings. The number of aliphatic carboxylic acids is 1. The molecule has 0 unspecified atom stereocenters. The fourth-order valence-corrected chi connectivity index (χ4v) is 2.00. The molecule has 116 valence electrons. The van der Waals surface area contributed by atoms with Gasteiger partial charge in [-0.2, -0.15) is 0 Å². The first-order chi connectivity index (χ1) is 10.7. The third-order valence-electron chi connectivity index (χ3n) is 3.10. The highest BCUT2D eigenvalue weighted by Crippen LogP contribution is 2.15. The highest BCUT2D eigenvalue weighted by molar-refractivity contribution is 5.72. The summed E-state index contributed by atoms with van der Waals surface area (Å²) < 4.78 is 10.8. The Morgan fingerprint density at radius 3 is 2.59 bits per heavy atom. The molecule has 0 aliphatic heterocycles. The van der Waals surface area contributed by atoms with Crippen LogP contribution in [0.5, 0.6) is 5.75 Å². The van der Waals surface area contributed by atoms with Crippen LogP contribution in [0.25, 0.3) is 0 Å². The van der Waals surface area contributed by atoms with Crippen molar-refractivity contribution in [2.24, 2.45) is 0 Å². The summed E-state index contributed by atoms with van der Waals surface area (Å²) in [5, 5.41) is 9.07. The van der Waals surface area contributed by atoms with Gasteiger partial charge in [0.15, 0.2) is 6.10 Å². The Labute approximate surface area is 129 Å². The lowest BCUT2D eigenvalue weighted by Crippen LogP contribution is -2.26. The Balaban J connectivity index is 1.91. The van der Waals surface area contributed by atoms with Crippen molar-refractivity contribution in [1.82, 2.24) is 4.98 Å². The minimum absolute atomic E-state index is 0.337. The van der Waals surface area contributed by atoms with E-state index >= 15 is 0 Å². The molecule has 1 atom stereocenters. The van der Waals surface area contributed by atoms with Gasteiger partial charge in [-0.05, 0) is 36.8 Å². The SMILES string of the molecule is CCO[C@@H](Cc1ccc(OCc2ccccn2)cc1)C(=O)O. The molecule has 5 nitrogen and oxygen atoms in total. The van der Waals surface area contributed by atoms with E-state index in [2.05, 4.69) is 4.98 Å². The molecule has 1 heterocycles. The predicted octanol–water partition coefficient (Wildman–Crippen LogP) is 2.69. The van der Waals surface area contributed by atoms with Gasteiger partial charge < -0.3 is 14.6 Å². The Bertz CT molecular complexity index is 583. The van der Waals surface area contributed by atoms with Crippen LogP contribution in [0.15, 0.2) is 48.7 Å². The van der Waals surface area contributed by atoms with Crippen molar-refractivity contribution in [2.75, 3.05) is 6.61 Å². The van der Waals surface area contributed by atoms with Crippen LogP contribution in [0.1, 0.15) is 18.2 Å². The number of hydrogen-bond donors (Lipinski definition) is 1. The molecule has 0 saturated carbocycles. The van der Waals surface area contributed by atoms with Crippen LogP contribution in [-0.4, -0.2) is 28.8 Å². The van der Waals surface area contributed by atoms with E-state index in [1.165, 1.54) is 0 Å². The van der Waals surface area contributed by atoms with Gasteiger partial charge in [-0.25, -0.2) is 4.79 Å². The molecule has 0 amide bonds. The van der Waals surface area contributed by atoms with Crippen molar-refractivity contribution < 1.29 is 19.4 Å². The molecule has 0 fully saturated rings. The molecular formula is C17H19NO4. The second-order valence-electron chi connectivity index (χ2n) is 4.74. The summed E-state index contributed by atoms with van der Waals surface area (Å²) in [6, 6.07) is 13.0. The maximum Gasteiger partial charge on any atom is 0.333 e. The normalized spacial score (nSPS) is 11.9. The van der Waals surface area contributed by atoms with Crippen LogP contribution in [-0.2, 0) is 22.6 Å². The van der Waals surface area contributed by atoms with Crippen molar-refractivity contribution >= 4 is 5.97 Å². The van der Waals surface area contributed by atoms with Crippen molar-refractivity contribution in [1.29, 1.82) is 0 Å². The maximum atomic E-state index is 11.1.